The van der Waals surface area contributed by atoms with E-state index < -0.39 is 0 Å². The van der Waals surface area contributed by atoms with Crippen LogP contribution in [-0.4, -0.2) is 6.61 Å². The van der Waals surface area contributed by atoms with Gasteiger partial charge in [0.25, 0.3) is 0 Å². The van der Waals surface area contributed by atoms with Crippen molar-refractivity contribution >= 4 is 39.1 Å². The van der Waals surface area contributed by atoms with Gasteiger partial charge < -0.3 is 4.74 Å². The minimum absolute atomic E-state index is 0.283. The number of benzene rings is 2. The lowest BCUT2D eigenvalue weighted by molar-refractivity contribution is 0.353. The van der Waals surface area contributed by atoms with Gasteiger partial charge in [0, 0.05) is 21.5 Å². The lowest BCUT2D eigenvalue weighted by atomic mass is 9.99. The summed E-state index contributed by atoms with van der Waals surface area (Å²) in [5.41, 5.74) is 4.29. The number of hydrogen-bond acceptors (Lipinski definition) is 1. The average molecular weight is 372 g/mol. The smallest absolute Gasteiger partial charge is 0.127 e. The molecule has 1 aliphatic heterocycles. The second-order valence-electron chi connectivity index (χ2n) is 4.97. The van der Waals surface area contributed by atoms with Gasteiger partial charge in [-0.1, -0.05) is 45.2 Å². The molecular weight excluding hydrogens is 359 g/mol. The van der Waals surface area contributed by atoms with Crippen LogP contribution in [0.1, 0.15) is 27.6 Å². The van der Waals surface area contributed by atoms with Gasteiger partial charge in [-0.05, 0) is 36.2 Å². The van der Waals surface area contributed by atoms with Gasteiger partial charge in [-0.2, -0.15) is 0 Å². The number of alkyl halides is 1. The number of aryl methyl sites for hydroxylation is 1. The summed E-state index contributed by atoms with van der Waals surface area (Å²) < 4.78 is 6.73. The molecule has 0 radical (unpaired) electrons. The Morgan fingerprint density at radius 3 is 2.80 bits per heavy atom. The minimum Gasteiger partial charge on any atom is -0.493 e. The van der Waals surface area contributed by atoms with Crippen molar-refractivity contribution in [3.05, 3.63) is 62.1 Å². The molecule has 2 aromatic rings. The third kappa shape index (κ3) is 2.57. The van der Waals surface area contributed by atoms with Crippen molar-refractivity contribution in [3.8, 4) is 5.75 Å². The Balaban J connectivity index is 2.11. The zero-order valence-electron chi connectivity index (χ0n) is 10.9. The zero-order chi connectivity index (χ0) is 14.3. The van der Waals surface area contributed by atoms with Gasteiger partial charge in [-0.15, -0.1) is 11.6 Å². The van der Waals surface area contributed by atoms with Crippen LogP contribution in [0.5, 0.6) is 5.75 Å². The van der Waals surface area contributed by atoms with Gasteiger partial charge in [0.15, 0.2) is 0 Å². The Morgan fingerprint density at radius 1 is 1.20 bits per heavy atom. The van der Waals surface area contributed by atoms with E-state index in [1.807, 2.05) is 18.2 Å². The molecule has 0 bridgehead atoms. The monoisotopic (exact) mass is 370 g/mol. The Bertz CT molecular complexity index is 670. The summed E-state index contributed by atoms with van der Waals surface area (Å²) in [6.45, 7) is 2.75. The molecule has 1 nitrogen and oxygen atoms in total. The van der Waals surface area contributed by atoms with Crippen LogP contribution in [0.4, 0.5) is 0 Å². The molecule has 0 aliphatic carbocycles. The molecule has 0 fully saturated rings. The van der Waals surface area contributed by atoms with Crippen LogP contribution < -0.4 is 4.74 Å². The van der Waals surface area contributed by atoms with Crippen molar-refractivity contribution in [3.63, 3.8) is 0 Å². The predicted octanol–water partition coefficient (Wildman–Crippen LogP) is 5.67. The quantitative estimate of drug-likeness (QED) is 0.617. The summed E-state index contributed by atoms with van der Waals surface area (Å²) in [5.74, 6) is 0.891. The standard InChI is InChI=1S/C16H13BrCl2O/c1-9-2-3-14(17)12(6-9)15(19)13-8-11(18)7-10-4-5-20-16(10)13/h2-3,6-8,15H,4-5H2,1H3. The van der Waals surface area contributed by atoms with Gasteiger partial charge in [0.2, 0.25) is 0 Å². The van der Waals surface area contributed by atoms with E-state index in [4.69, 9.17) is 27.9 Å². The van der Waals surface area contributed by atoms with Crippen molar-refractivity contribution in [2.24, 2.45) is 0 Å². The van der Waals surface area contributed by atoms with Crippen LogP contribution in [0, 0.1) is 6.92 Å². The van der Waals surface area contributed by atoms with Crippen molar-refractivity contribution in [2.75, 3.05) is 6.61 Å². The van der Waals surface area contributed by atoms with Crippen molar-refractivity contribution < 1.29 is 4.74 Å². The van der Waals surface area contributed by atoms with Gasteiger partial charge >= 0.3 is 0 Å². The van der Waals surface area contributed by atoms with E-state index in [1.165, 1.54) is 5.56 Å². The molecule has 0 aromatic heterocycles. The summed E-state index contributed by atoms with van der Waals surface area (Å²) in [5, 5.41) is 0.425. The van der Waals surface area contributed by atoms with Crippen LogP contribution in [0.15, 0.2) is 34.8 Å². The number of ether oxygens (including phenoxy) is 1. The van der Waals surface area contributed by atoms with E-state index in [0.717, 1.165) is 33.3 Å². The highest BCUT2D eigenvalue weighted by molar-refractivity contribution is 9.10. The zero-order valence-corrected chi connectivity index (χ0v) is 14.0. The maximum absolute atomic E-state index is 6.70. The topological polar surface area (TPSA) is 9.23 Å². The predicted molar refractivity (Wildman–Crippen MR) is 87.2 cm³/mol. The molecule has 0 N–H and O–H groups in total. The van der Waals surface area contributed by atoms with Crippen LogP contribution in [0.2, 0.25) is 5.02 Å². The van der Waals surface area contributed by atoms with E-state index >= 15 is 0 Å². The second kappa shape index (κ2) is 5.59. The van der Waals surface area contributed by atoms with Crippen molar-refractivity contribution in [1.82, 2.24) is 0 Å². The largest absolute Gasteiger partial charge is 0.493 e. The Morgan fingerprint density at radius 2 is 2.00 bits per heavy atom. The molecular formula is C16H13BrCl2O. The fourth-order valence-electron chi connectivity index (χ4n) is 2.51. The first-order chi connectivity index (χ1) is 9.56. The van der Waals surface area contributed by atoms with E-state index in [0.29, 0.717) is 11.6 Å². The van der Waals surface area contributed by atoms with Crippen LogP contribution in [0.25, 0.3) is 0 Å². The van der Waals surface area contributed by atoms with Crippen molar-refractivity contribution in [1.29, 1.82) is 0 Å². The molecule has 0 saturated carbocycles. The second-order valence-corrected chi connectivity index (χ2v) is 6.70. The molecule has 2 aromatic carbocycles. The molecule has 1 unspecified atom stereocenters. The minimum atomic E-state index is -0.283. The lowest BCUT2D eigenvalue weighted by Gasteiger charge is -2.16. The Hall–Kier alpha value is -0.700. The number of halogens is 3. The first-order valence-electron chi connectivity index (χ1n) is 6.41. The van der Waals surface area contributed by atoms with Crippen LogP contribution in [-0.2, 0) is 6.42 Å². The highest BCUT2D eigenvalue weighted by Gasteiger charge is 2.24. The average Bonchev–Trinajstić information content (AvgIpc) is 2.87. The number of rotatable bonds is 2. The lowest BCUT2D eigenvalue weighted by Crippen LogP contribution is -1.99. The molecule has 0 spiro atoms. The summed E-state index contributed by atoms with van der Waals surface area (Å²) in [4.78, 5) is 0. The maximum atomic E-state index is 6.70. The van der Waals surface area contributed by atoms with E-state index in [-0.39, 0.29) is 5.38 Å². The number of fused-ring (bicyclic) bond motifs is 1. The Kier molecular flexibility index (Phi) is 3.98. The number of hydrogen-bond donors (Lipinski definition) is 0. The highest BCUT2D eigenvalue weighted by atomic mass is 79.9. The van der Waals surface area contributed by atoms with Crippen molar-refractivity contribution in [2.45, 2.75) is 18.7 Å². The van der Waals surface area contributed by atoms with Gasteiger partial charge in [0.05, 0.1) is 12.0 Å². The molecule has 1 aliphatic rings. The van der Waals surface area contributed by atoms with Gasteiger partial charge in [-0.3, -0.25) is 0 Å². The molecule has 0 saturated heterocycles. The molecule has 1 atom stereocenters. The van der Waals surface area contributed by atoms with Crippen LogP contribution in [0.3, 0.4) is 0 Å². The van der Waals surface area contributed by atoms with Gasteiger partial charge in [0.1, 0.15) is 5.75 Å². The summed E-state index contributed by atoms with van der Waals surface area (Å²) >= 11 is 16.5. The summed E-state index contributed by atoms with van der Waals surface area (Å²) in [6.07, 6.45) is 0.890. The third-order valence-corrected chi connectivity index (χ3v) is 4.89. The molecule has 20 heavy (non-hydrogen) atoms. The normalized spacial score (nSPS) is 14.8. The van der Waals surface area contributed by atoms with E-state index in [2.05, 4.69) is 35.0 Å². The highest BCUT2D eigenvalue weighted by Crippen LogP contribution is 2.43. The SMILES string of the molecule is Cc1ccc(Br)c(C(Cl)c2cc(Cl)cc3c2OCC3)c1. The molecule has 4 heteroatoms. The first-order valence-corrected chi connectivity index (χ1v) is 8.02. The summed E-state index contributed by atoms with van der Waals surface area (Å²) in [7, 11) is 0. The molecule has 104 valence electrons. The molecule has 3 rings (SSSR count). The van der Waals surface area contributed by atoms with E-state index in [1.54, 1.807) is 0 Å². The molecule has 1 heterocycles. The molecule has 0 amide bonds. The summed E-state index contributed by atoms with van der Waals surface area (Å²) in [6, 6.07) is 10.0. The fourth-order valence-corrected chi connectivity index (χ4v) is 3.71. The first kappa shape index (κ1) is 14.2. The van der Waals surface area contributed by atoms with E-state index in [9.17, 15) is 0 Å². The Labute approximate surface area is 137 Å². The van der Waals surface area contributed by atoms with Crippen LogP contribution >= 0.6 is 39.1 Å². The fraction of sp³-hybridized carbons (Fsp3) is 0.250. The maximum Gasteiger partial charge on any atom is 0.127 e. The third-order valence-electron chi connectivity index (χ3n) is 3.47. The van der Waals surface area contributed by atoms with Gasteiger partial charge in [-0.25, -0.2) is 0 Å².